The number of aliphatic hydroxyl groups is 3. The van der Waals surface area contributed by atoms with Gasteiger partial charge in [0.05, 0.1) is 35.9 Å². The van der Waals surface area contributed by atoms with E-state index in [0.29, 0.717) is 12.0 Å². The predicted octanol–water partition coefficient (Wildman–Crippen LogP) is 0.535. The first-order valence-corrected chi connectivity index (χ1v) is 14.0. The zero-order valence-electron chi connectivity index (χ0n) is 22.1. The van der Waals surface area contributed by atoms with Crippen molar-refractivity contribution in [3.8, 4) is 0 Å². The van der Waals surface area contributed by atoms with Crippen molar-refractivity contribution in [2.75, 3.05) is 0 Å². The van der Waals surface area contributed by atoms with Crippen LogP contribution in [0.5, 0.6) is 0 Å². The molecule has 8 rings (SSSR count). The SMILES string of the molecule is CC1=CC([C@H]2O[C@@]34[C@H](C[C@@H]5O[C@@]53[C@@H]3[C@H](O)C[C@H]5C(C)(C)O[C@@H]6CC(=O)O[C@@]65C[C@@]3(O)C[C@@H]4O)[C@@H]2C)OC1=O. The van der Waals surface area contributed by atoms with Crippen LogP contribution in [0.15, 0.2) is 11.6 Å². The molecule has 8 aliphatic rings. The lowest BCUT2D eigenvalue weighted by molar-refractivity contribution is -0.269. The number of epoxide rings is 1. The molecule has 0 amide bonds. The van der Waals surface area contributed by atoms with E-state index < -0.39 is 64.4 Å². The van der Waals surface area contributed by atoms with Crippen LogP contribution >= 0.6 is 0 Å². The smallest absolute Gasteiger partial charge is 0.334 e. The Bertz CT molecular complexity index is 1180. The third-order valence-corrected chi connectivity index (χ3v) is 11.8. The number of carbonyl (C=O) groups excluding carboxylic acids is 2. The van der Waals surface area contributed by atoms with Crippen molar-refractivity contribution < 1.29 is 48.6 Å². The third kappa shape index (κ3) is 2.49. The number of rotatable bonds is 1. The molecule has 3 spiro atoms. The van der Waals surface area contributed by atoms with Crippen molar-refractivity contribution in [3.05, 3.63) is 11.6 Å². The molecule has 5 aliphatic heterocycles. The first-order valence-electron chi connectivity index (χ1n) is 14.0. The first kappa shape index (κ1) is 24.3. The molecule has 4 saturated heterocycles. The lowest BCUT2D eigenvalue weighted by Gasteiger charge is -2.56. The molecule has 5 heterocycles. The molecule has 10 heteroatoms. The summed E-state index contributed by atoms with van der Waals surface area (Å²) in [5.41, 5.74) is -5.04. The minimum Gasteiger partial charge on any atom is -0.456 e. The summed E-state index contributed by atoms with van der Waals surface area (Å²) in [6.45, 7) is 7.66. The molecule has 0 aromatic rings. The van der Waals surface area contributed by atoms with Gasteiger partial charge in [-0.05, 0) is 45.6 Å². The Morgan fingerprint density at radius 2 is 1.79 bits per heavy atom. The number of fused-ring (bicyclic) bond motifs is 1. The second-order valence-electron chi connectivity index (χ2n) is 13.9. The number of carbonyl (C=O) groups is 2. The highest BCUT2D eigenvalue weighted by Gasteiger charge is 2.91. The lowest BCUT2D eigenvalue weighted by Crippen LogP contribution is -2.72. The zero-order valence-corrected chi connectivity index (χ0v) is 22.1. The van der Waals surface area contributed by atoms with Crippen molar-refractivity contribution in [1.82, 2.24) is 0 Å². The topological polar surface area (TPSA) is 144 Å². The van der Waals surface area contributed by atoms with Gasteiger partial charge >= 0.3 is 11.9 Å². The Morgan fingerprint density at radius 3 is 2.50 bits per heavy atom. The van der Waals surface area contributed by atoms with E-state index in [9.17, 15) is 24.9 Å². The van der Waals surface area contributed by atoms with E-state index in [0.717, 1.165) is 0 Å². The summed E-state index contributed by atoms with van der Waals surface area (Å²) in [5, 5.41) is 36.3. The van der Waals surface area contributed by atoms with Crippen molar-refractivity contribution in [2.24, 2.45) is 23.7 Å². The number of esters is 2. The molecule has 0 radical (unpaired) electrons. The fourth-order valence-electron chi connectivity index (χ4n) is 10.6. The maximum Gasteiger partial charge on any atom is 0.334 e. The summed E-state index contributed by atoms with van der Waals surface area (Å²) < 4.78 is 31.2. The predicted molar refractivity (Wildman–Crippen MR) is 126 cm³/mol. The average molecular weight is 533 g/mol. The minimum absolute atomic E-state index is 0.0440. The van der Waals surface area contributed by atoms with E-state index in [1.807, 2.05) is 13.8 Å². The molecule has 7 fully saturated rings. The highest BCUT2D eigenvalue weighted by Crippen LogP contribution is 2.76. The molecule has 14 atom stereocenters. The summed E-state index contributed by atoms with van der Waals surface area (Å²) in [5.74, 6) is -1.97. The van der Waals surface area contributed by atoms with Crippen LogP contribution < -0.4 is 0 Å². The highest BCUT2D eigenvalue weighted by atomic mass is 16.7. The molecular formula is C28H36O10. The molecule has 208 valence electrons. The summed E-state index contributed by atoms with van der Waals surface area (Å²) in [6.07, 6.45) is -1.16. The van der Waals surface area contributed by atoms with Crippen molar-refractivity contribution in [3.63, 3.8) is 0 Å². The van der Waals surface area contributed by atoms with Crippen LogP contribution in [0.1, 0.15) is 59.8 Å². The van der Waals surface area contributed by atoms with Crippen LogP contribution in [0.3, 0.4) is 0 Å². The van der Waals surface area contributed by atoms with Gasteiger partial charge in [0, 0.05) is 36.2 Å². The zero-order chi connectivity index (χ0) is 26.8. The number of cyclic esters (lactones) is 1. The lowest BCUT2D eigenvalue weighted by atomic mass is 9.56. The van der Waals surface area contributed by atoms with E-state index in [1.165, 1.54) is 0 Å². The van der Waals surface area contributed by atoms with Gasteiger partial charge < -0.3 is 39.0 Å². The Hall–Kier alpha value is -1.56. The van der Waals surface area contributed by atoms with Gasteiger partial charge in [0.25, 0.3) is 0 Å². The average Bonchev–Trinajstić information content (AvgIpc) is 2.99. The minimum atomic E-state index is -1.57. The van der Waals surface area contributed by atoms with E-state index in [4.69, 9.17) is 23.7 Å². The molecular weight excluding hydrogens is 496 g/mol. The largest absolute Gasteiger partial charge is 0.456 e. The molecule has 3 N–H and O–H groups in total. The fraction of sp³-hybridized carbons (Fsp3) is 0.857. The van der Waals surface area contributed by atoms with Gasteiger partial charge in [-0.3, -0.25) is 4.79 Å². The van der Waals surface area contributed by atoms with Gasteiger partial charge in [0.2, 0.25) is 0 Å². The van der Waals surface area contributed by atoms with Crippen LogP contribution in [0.25, 0.3) is 0 Å². The summed E-state index contributed by atoms with van der Waals surface area (Å²) in [7, 11) is 0. The van der Waals surface area contributed by atoms with Gasteiger partial charge in [-0.25, -0.2) is 4.79 Å². The van der Waals surface area contributed by atoms with Crippen LogP contribution in [-0.2, 0) is 33.3 Å². The van der Waals surface area contributed by atoms with Crippen molar-refractivity contribution in [1.29, 1.82) is 0 Å². The van der Waals surface area contributed by atoms with Gasteiger partial charge in [-0.15, -0.1) is 0 Å². The summed E-state index contributed by atoms with van der Waals surface area (Å²) in [6, 6.07) is 0. The Morgan fingerprint density at radius 1 is 1.03 bits per heavy atom. The standard InChI is InChI=1S/C28H36O10/c1-11-5-15(34-23(11)32)21-12(2)13-6-19-28(36-19)22-14(29)7-16-24(3,4)35-18-8-20(31)37-26(16,18)10-25(22,33)9-17(30)27(13,28)38-21/h5,12-19,21-22,29-30,33H,6-10H2,1-4H3/t12-,13+,14+,15?,16-,17-,18+,19-,21-,22+,25-,26+,27+,28+/m0/s1. The Labute approximate surface area is 220 Å². The highest BCUT2D eigenvalue weighted by molar-refractivity contribution is 5.90. The maximum atomic E-state index is 12.5. The number of hydrogen-bond donors (Lipinski definition) is 3. The summed E-state index contributed by atoms with van der Waals surface area (Å²) >= 11 is 0. The molecule has 38 heavy (non-hydrogen) atoms. The molecule has 3 aliphatic carbocycles. The maximum absolute atomic E-state index is 12.5. The molecule has 1 unspecified atom stereocenters. The van der Waals surface area contributed by atoms with E-state index >= 15 is 0 Å². The second kappa shape index (κ2) is 6.83. The van der Waals surface area contributed by atoms with Crippen LogP contribution in [0, 0.1) is 23.7 Å². The van der Waals surface area contributed by atoms with Crippen LogP contribution in [0.2, 0.25) is 0 Å². The van der Waals surface area contributed by atoms with Gasteiger partial charge in [0.1, 0.15) is 35.1 Å². The second-order valence-corrected chi connectivity index (χ2v) is 13.9. The third-order valence-electron chi connectivity index (χ3n) is 11.8. The Balaban J connectivity index is 1.22. The van der Waals surface area contributed by atoms with Crippen molar-refractivity contribution >= 4 is 11.9 Å². The molecule has 10 nitrogen and oxygen atoms in total. The Kier molecular flexibility index (Phi) is 4.36. The fourth-order valence-corrected chi connectivity index (χ4v) is 10.6. The first-order chi connectivity index (χ1) is 17.8. The van der Waals surface area contributed by atoms with E-state index in [-0.39, 0.29) is 61.5 Å². The molecule has 0 aromatic carbocycles. The number of hydrogen-bond acceptors (Lipinski definition) is 10. The normalized spacial score (nSPS) is 61.0. The van der Waals surface area contributed by atoms with E-state index in [1.54, 1.807) is 13.0 Å². The van der Waals surface area contributed by atoms with Crippen LogP contribution in [0.4, 0.5) is 0 Å². The molecule has 0 aromatic heterocycles. The van der Waals surface area contributed by atoms with Gasteiger partial charge in [0.15, 0.2) is 0 Å². The quantitative estimate of drug-likeness (QED) is 0.323. The van der Waals surface area contributed by atoms with Crippen LogP contribution in [-0.4, -0.2) is 91.9 Å². The number of ether oxygens (including phenoxy) is 5. The summed E-state index contributed by atoms with van der Waals surface area (Å²) in [4.78, 5) is 24.7. The van der Waals surface area contributed by atoms with Gasteiger partial charge in [-0.2, -0.15) is 0 Å². The van der Waals surface area contributed by atoms with Gasteiger partial charge in [-0.1, -0.05) is 6.92 Å². The molecule has 0 bridgehead atoms. The number of aliphatic hydroxyl groups excluding tert-OH is 2. The monoisotopic (exact) mass is 532 g/mol. The van der Waals surface area contributed by atoms with Crippen molar-refractivity contribution in [2.45, 2.75) is 124 Å². The van der Waals surface area contributed by atoms with E-state index in [2.05, 4.69) is 6.92 Å². The molecule has 3 saturated carbocycles.